The van der Waals surface area contributed by atoms with E-state index < -0.39 is 0 Å². The van der Waals surface area contributed by atoms with E-state index in [4.69, 9.17) is 0 Å². The number of carbonyl (C=O) groups is 1. The first kappa shape index (κ1) is 7.16. The van der Waals surface area contributed by atoms with Gasteiger partial charge in [-0.1, -0.05) is 6.07 Å². The summed E-state index contributed by atoms with van der Waals surface area (Å²) in [6.45, 7) is 1.91. The summed E-state index contributed by atoms with van der Waals surface area (Å²) >= 11 is 0. The molecule has 2 rings (SSSR count). The molecule has 0 spiro atoms. The molecule has 3 heteroatoms. The van der Waals surface area contributed by atoms with Gasteiger partial charge in [0.05, 0.1) is 12.1 Å². The molecule has 0 unspecified atom stereocenters. The van der Waals surface area contributed by atoms with Crippen molar-refractivity contribution in [2.75, 3.05) is 5.32 Å². The minimum Gasteiger partial charge on any atom is -0.508 e. The van der Waals surface area contributed by atoms with E-state index >= 15 is 0 Å². The van der Waals surface area contributed by atoms with Gasteiger partial charge in [-0.15, -0.1) is 0 Å². The van der Waals surface area contributed by atoms with Crippen molar-refractivity contribution >= 4 is 11.6 Å². The Labute approximate surface area is 70.0 Å². The van der Waals surface area contributed by atoms with E-state index in [9.17, 15) is 9.90 Å². The van der Waals surface area contributed by atoms with Gasteiger partial charge in [0.2, 0.25) is 5.91 Å². The third-order valence-electron chi connectivity index (χ3n) is 2.10. The Kier molecular flexibility index (Phi) is 1.33. The summed E-state index contributed by atoms with van der Waals surface area (Å²) in [5, 5.41) is 12.1. The van der Waals surface area contributed by atoms with Crippen LogP contribution >= 0.6 is 0 Å². The fraction of sp³-hybridized carbons (Fsp3) is 0.222. The fourth-order valence-electron chi connectivity index (χ4n) is 1.45. The van der Waals surface area contributed by atoms with E-state index in [1.165, 1.54) is 0 Å². The van der Waals surface area contributed by atoms with E-state index in [0.717, 1.165) is 16.8 Å². The number of anilines is 1. The highest BCUT2D eigenvalue weighted by molar-refractivity contribution is 6.00. The highest BCUT2D eigenvalue weighted by Crippen LogP contribution is 2.33. The van der Waals surface area contributed by atoms with E-state index in [-0.39, 0.29) is 11.7 Å². The molecule has 62 valence electrons. The number of aryl methyl sites for hydroxylation is 1. The van der Waals surface area contributed by atoms with Gasteiger partial charge in [-0.25, -0.2) is 0 Å². The summed E-state index contributed by atoms with van der Waals surface area (Å²) in [6.07, 6.45) is 0.294. The van der Waals surface area contributed by atoms with E-state index in [1.54, 1.807) is 12.1 Å². The van der Waals surface area contributed by atoms with Gasteiger partial charge in [0, 0.05) is 5.56 Å². The summed E-state index contributed by atoms with van der Waals surface area (Å²) in [5.74, 6) is 0.156. The van der Waals surface area contributed by atoms with Crippen molar-refractivity contribution in [1.82, 2.24) is 0 Å². The van der Waals surface area contributed by atoms with Gasteiger partial charge >= 0.3 is 0 Å². The number of fused-ring (bicyclic) bond motifs is 1. The first-order valence-corrected chi connectivity index (χ1v) is 3.80. The molecule has 0 bridgehead atoms. The first-order valence-electron chi connectivity index (χ1n) is 3.80. The number of hydrogen-bond donors (Lipinski definition) is 2. The quantitative estimate of drug-likeness (QED) is 0.603. The zero-order valence-electron chi connectivity index (χ0n) is 6.72. The van der Waals surface area contributed by atoms with E-state index in [0.29, 0.717) is 6.42 Å². The average Bonchev–Trinajstić information content (AvgIpc) is 2.41. The molecular formula is C9H9NO2. The van der Waals surface area contributed by atoms with Crippen LogP contribution in [-0.2, 0) is 11.2 Å². The van der Waals surface area contributed by atoms with Crippen molar-refractivity contribution < 1.29 is 9.90 Å². The highest BCUT2D eigenvalue weighted by Gasteiger charge is 2.21. The zero-order valence-corrected chi connectivity index (χ0v) is 6.72. The molecule has 1 aromatic rings. The molecule has 0 saturated carbocycles. The summed E-state index contributed by atoms with van der Waals surface area (Å²) in [7, 11) is 0. The lowest BCUT2D eigenvalue weighted by Crippen LogP contribution is -2.04. The van der Waals surface area contributed by atoms with Crippen LogP contribution in [-0.4, -0.2) is 11.0 Å². The maximum absolute atomic E-state index is 11.0. The lowest BCUT2D eigenvalue weighted by atomic mass is 10.1. The maximum Gasteiger partial charge on any atom is 0.229 e. The highest BCUT2D eigenvalue weighted by atomic mass is 16.3. The van der Waals surface area contributed by atoms with Crippen LogP contribution in [0.15, 0.2) is 12.1 Å². The number of amides is 1. The minimum absolute atomic E-state index is 0.0467. The summed E-state index contributed by atoms with van der Waals surface area (Å²) < 4.78 is 0. The van der Waals surface area contributed by atoms with Gasteiger partial charge in [0.25, 0.3) is 0 Å². The molecule has 1 aliphatic heterocycles. The molecule has 0 aliphatic carbocycles. The number of phenols is 1. The monoisotopic (exact) mass is 163 g/mol. The summed E-state index contributed by atoms with van der Waals surface area (Å²) in [5.41, 5.74) is 2.49. The molecule has 0 fully saturated rings. The molecule has 12 heavy (non-hydrogen) atoms. The third kappa shape index (κ3) is 0.863. The Bertz CT molecular complexity index is 325. The molecule has 0 saturated heterocycles. The van der Waals surface area contributed by atoms with Crippen molar-refractivity contribution in [3.63, 3.8) is 0 Å². The second-order valence-electron chi connectivity index (χ2n) is 2.98. The molecule has 1 amide bonds. The number of benzene rings is 1. The molecule has 0 atom stereocenters. The number of nitrogens with one attached hydrogen (secondary N) is 1. The number of phenolic OH excluding ortho intramolecular Hbond substituents is 1. The molecule has 2 N–H and O–H groups in total. The second-order valence-corrected chi connectivity index (χ2v) is 2.98. The molecule has 3 nitrogen and oxygen atoms in total. The largest absolute Gasteiger partial charge is 0.508 e. The van der Waals surface area contributed by atoms with Crippen LogP contribution in [0.25, 0.3) is 0 Å². The number of rotatable bonds is 0. The molecule has 1 aromatic carbocycles. The molecule has 0 aromatic heterocycles. The van der Waals surface area contributed by atoms with Gasteiger partial charge in [-0.3, -0.25) is 4.79 Å². The second kappa shape index (κ2) is 2.24. The summed E-state index contributed by atoms with van der Waals surface area (Å²) in [4.78, 5) is 11.0. The Morgan fingerprint density at radius 3 is 2.92 bits per heavy atom. The average molecular weight is 163 g/mol. The number of carbonyl (C=O) groups excluding carboxylic acids is 1. The maximum atomic E-state index is 11.0. The number of aromatic hydroxyl groups is 1. The fourth-order valence-corrected chi connectivity index (χ4v) is 1.45. The van der Waals surface area contributed by atoms with Gasteiger partial charge in [0.15, 0.2) is 0 Å². The van der Waals surface area contributed by atoms with Gasteiger partial charge in [-0.2, -0.15) is 0 Å². The minimum atomic E-state index is -0.0467. The van der Waals surface area contributed by atoms with Gasteiger partial charge in [0.1, 0.15) is 5.75 Å². The third-order valence-corrected chi connectivity index (χ3v) is 2.10. The van der Waals surface area contributed by atoms with Crippen molar-refractivity contribution in [1.29, 1.82) is 0 Å². The Hall–Kier alpha value is -1.51. The topological polar surface area (TPSA) is 49.3 Å². The Morgan fingerprint density at radius 1 is 1.50 bits per heavy atom. The van der Waals surface area contributed by atoms with Crippen molar-refractivity contribution in [3.05, 3.63) is 23.3 Å². The predicted octanol–water partition coefficient (Wildman–Crippen LogP) is 1.20. The van der Waals surface area contributed by atoms with Crippen molar-refractivity contribution in [2.45, 2.75) is 13.3 Å². The van der Waals surface area contributed by atoms with Gasteiger partial charge in [-0.05, 0) is 18.6 Å². The zero-order chi connectivity index (χ0) is 8.72. The Morgan fingerprint density at radius 2 is 2.25 bits per heavy atom. The molecular weight excluding hydrogens is 154 g/mol. The number of hydrogen-bond acceptors (Lipinski definition) is 2. The van der Waals surface area contributed by atoms with Gasteiger partial charge < -0.3 is 10.4 Å². The van der Waals surface area contributed by atoms with Crippen LogP contribution in [0.2, 0.25) is 0 Å². The molecule has 0 radical (unpaired) electrons. The van der Waals surface area contributed by atoms with E-state index in [2.05, 4.69) is 5.32 Å². The van der Waals surface area contributed by atoms with Crippen LogP contribution < -0.4 is 5.32 Å². The van der Waals surface area contributed by atoms with Crippen LogP contribution in [0.3, 0.4) is 0 Å². The Balaban J connectivity index is 2.64. The molecule has 1 heterocycles. The normalized spacial score (nSPS) is 14.2. The smallest absolute Gasteiger partial charge is 0.229 e. The van der Waals surface area contributed by atoms with Crippen LogP contribution in [0.5, 0.6) is 5.75 Å². The van der Waals surface area contributed by atoms with E-state index in [1.807, 2.05) is 6.92 Å². The van der Waals surface area contributed by atoms with Crippen LogP contribution in [0.4, 0.5) is 5.69 Å². The summed E-state index contributed by atoms with van der Waals surface area (Å²) in [6, 6.07) is 3.41. The standard InChI is InChI=1S/C9H9NO2/c1-5-2-3-7(11)6-4-8(12)10-9(5)6/h2-3,11H,4H2,1H3,(H,10,12). The SMILES string of the molecule is Cc1ccc(O)c2c1NC(=O)C2. The first-order chi connectivity index (χ1) is 5.68. The lowest BCUT2D eigenvalue weighted by molar-refractivity contribution is -0.115. The van der Waals surface area contributed by atoms with Crippen LogP contribution in [0, 0.1) is 6.92 Å². The van der Waals surface area contributed by atoms with Crippen molar-refractivity contribution in [2.24, 2.45) is 0 Å². The van der Waals surface area contributed by atoms with Crippen molar-refractivity contribution in [3.8, 4) is 5.75 Å². The van der Waals surface area contributed by atoms with Crippen LogP contribution in [0.1, 0.15) is 11.1 Å². The molecule has 1 aliphatic rings. The predicted molar refractivity (Wildman–Crippen MR) is 45.2 cm³/mol. The lowest BCUT2D eigenvalue weighted by Gasteiger charge is -2.03.